The highest BCUT2D eigenvalue weighted by molar-refractivity contribution is 5.81. The normalized spacial score (nSPS) is 19.9. The van der Waals surface area contributed by atoms with Crippen LogP contribution in [-0.2, 0) is 15.7 Å². The van der Waals surface area contributed by atoms with Crippen molar-refractivity contribution in [1.29, 1.82) is 5.26 Å². The molecule has 2 N–H and O–H groups in total. The number of hydrogen-bond donors (Lipinski definition) is 2. The third-order valence-corrected chi connectivity index (χ3v) is 6.62. The van der Waals surface area contributed by atoms with Gasteiger partial charge in [-0.1, -0.05) is 0 Å². The summed E-state index contributed by atoms with van der Waals surface area (Å²) in [6.07, 6.45) is -3.54. The van der Waals surface area contributed by atoms with Crippen molar-refractivity contribution in [3.05, 3.63) is 29.3 Å². The molecule has 180 valence electrons. The molecule has 1 aromatic carbocycles. The first-order valence-electron chi connectivity index (χ1n) is 10.7. The minimum atomic E-state index is -4.66. The van der Waals surface area contributed by atoms with Crippen LogP contribution in [0.2, 0.25) is 0 Å². The van der Waals surface area contributed by atoms with Gasteiger partial charge in [0.1, 0.15) is 0 Å². The summed E-state index contributed by atoms with van der Waals surface area (Å²) < 4.78 is 45.5. The number of likely N-dealkylation sites (tertiary alicyclic amines) is 1. The molecule has 2 aliphatic heterocycles. The number of amides is 3. The van der Waals surface area contributed by atoms with Gasteiger partial charge in [0, 0.05) is 58.0 Å². The lowest BCUT2D eigenvalue weighted by molar-refractivity contribution is -0.137. The van der Waals surface area contributed by atoms with Gasteiger partial charge < -0.3 is 25.2 Å². The summed E-state index contributed by atoms with van der Waals surface area (Å²) >= 11 is 0. The third kappa shape index (κ3) is 5.16. The van der Waals surface area contributed by atoms with Crippen LogP contribution in [0.3, 0.4) is 0 Å². The highest BCUT2D eigenvalue weighted by Gasteiger charge is 2.51. The average molecular weight is 467 g/mol. The Morgan fingerprint density at radius 1 is 1.30 bits per heavy atom. The van der Waals surface area contributed by atoms with Crippen LogP contribution in [0.25, 0.3) is 0 Å². The van der Waals surface area contributed by atoms with Gasteiger partial charge in [0.05, 0.1) is 29.7 Å². The number of anilines is 1. The van der Waals surface area contributed by atoms with Crippen LogP contribution >= 0.6 is 0 Å². The Labute approximate surface area is 190 Å². The fraction of sp³-hybridized carbons (Fsp3) is 0.591. The van der Waals surface area contributed by atoms with E-state index in [4.69, 9.17) is 10.00 Å². The number of carbonyl (C=O) groups excluding carboxylic acids is 2. The van der Waals surface area contributed by atoms with Crippen LogP contribution in [0.4, 0.5) is 23.7 Å². The number of piperidine rings is 1. The van der Waals surface area contributed by atoms with E-state index in [1.807, 2.05) is 0 Å². The first-order chi connectivity index (χ1) is 15.6. The van der Waals surface area contributed by atoms with Gasteiger partial charge >= 0.3 is 12.2 Å². The van der Waals surface area contributed by atoms with Crippen molar-refractivity contribution in [3.63, 3.8) is 0 Å². The molecule has 0 radical (unpaired) electrons. The van der Waals surface area contributed by atoms with Gasteiger partial charge in [0.25, 0.3) is 0 Å². The molecule has 3 amide bonds. The Bertz CT molecular complexity index is 923. The maximum atomic E-state index is 13.5. The van der Waals surface area contributed by atoms with Gasteiger partial charge in [0.15, 0.2) is 0 Å². The fourth-order valence-corrected chi connectivity index (χ4v) is 4.81. The first-order valence-corrected chi connectivity index (χ1v) is 10.7. The number of nitrogens with one attached hydrogen (secondary N) is 2. The van der Waals surface area contributed by atoms with E-state index in [0.29, 0.717) is 51.3 Å². The lowest BCUT2D eigenvalue weighted by atomic mass is 9.70. The second-order valence-corrected chi connectivity index (χ2v) is 8.46. The Morgan fingerprint density at radius 3 is 2.58 bits per heavy atom. The molecular formula is C22H28F3N5O3. The van der Waals surface area contributed by atoms with Gasteiger partial charge in [-0.05, 0) is 31.0 Å². The molecule has 0 aliphatic carbocycles. The van der Waals surface area contributed by atoms with E-state index in [-0.39, 0.29) is 18.5 Å². The zero-order valence-corrected chi connectivity index (χ0v) is 18.7. The molecule has 2 heterocycles. The number of benzene rings is 1. The van der Waals surface area contributed by atoms with E-state index < -0.39 is 28.6 Å². The summed E-state index contributed by atoms with van der Waals surface area (Å²) in [5, 5.41) is 14.5. The molecule has 1 aromatic rings. The van der Waals surface area contributed by atoms with Crippen molar-refractivity contribution in [1.82, 2.24) is 15.5 Å². The molecule has 33 heavy (non-hydrogen) atoms. The molecule has 0 bridgehead atoms. The highest BCUT2D eigenvalue weighted by atomic mass is 19.4. The summed E-state index contributed by atoms with van der Waals surface area (Å²) in [6, 6.07) is 5.05. The van der Waals surface area contributed by atoms with Crippen LogP contribution in [0.1, 0.15) is 24.0 Å². The van der Waals surface area contributed by atoms with Crippen molar-refractivity contribution in [2.24, 2.45) is 11.3 Å². The van der Waals surface area contributed by atoms with E-state index in [2.05, 4.69) is 10.6 Å². The van der Waals surface area contributed by atoms with Crippen molar-refractivity contribution in [2.45, 2.75) is 19.0 Å². The predicted octanol–water partition coefficient (Wildman–Crippen LogP) is 2.20. The Morgan fingerprint density at radius 2 is 2.00 bits per heavy atom. The lowest BCUT2D eigenvalue weighted by Gasteiger charge is -2.41. The molecule has 0 saturated carbocycles. The van der Waals surface area contributed by atoms with Gasteiger partial charge in [-0.15, -0.1) is 0 Å². The van der Waals surface area contributed by atoms with Gasteiger partial charge in [-0.25, -0.2) is 4.79 Å². The van der Waals surface area contributed by atoms with Crippen molar-refractivity contribution in [3.8, 4) is 6.07 Å². The number of nitrogens with zero attached hydrogens (tertiary/aromatic N) is 3. The fourth-order valence-electron chi connectivity index (χ4n) is 4.81. The molecule has 0 aromatic heterocycles. The monoisotopic (exact) mass is 467 g/mol. The van der Waals surface area contributed by atoms with E-state index in [1.54, 1.807) is 22.9 Å². The predicted molar refractivity (Wildman–Crippen MR) is 114 cm³/mol. The minimum absolute atomic E-state index is 0.173. The van der Waals surface area contributed by atoms with E-state index in [1.165, 1.54) is 19.2 Å². The van der Waals surface area contributed by atoms with E-state index >= 15 is 0 Å². The molecule has 2 fully saturated rings. The van der Waals surface area contributed by atoms with Gasteiger partial charge in [-0.3, -0.25) is 4.79 Å². The zero-order valence-electron chi connectivity index (χ0n) is 18.7. The second-order valence-electron chi connectivity index (χ2n) is 8.46. The summed E-state index contributed by atoms with van der Waals surface area (Å²) in [7, 11) is 3.09. The Kier molecular flexibility index (Phi) is 7.37. The molecule has 2 saturated heterocycles. The van der Waals surface area contributed by atoms with Gasteiger partial charge in [-0.2, -0.15) is 18.4 Å². The number of hydrogen-bond acceptors (Lipinski definition) is 5. The third-order valence-electron chi connectivity index (χ3n) is 6.62. The van der Waals surface area contributed by atoms with Crippen molar-refractivity contribution in [2.75, 3.05) is 58.4 Å². The lowest BCUT2D eigenvalue weighted by Crippen LogP contribution is -2.51. The van der Waals surface area contributed by atoms with Crippen LogP contribution < -0.4 is 15.5 Å². The van der Waals surface area contributed by atoms with Crippen LogP contribution in [0.5, 0.6) is 0 Å². The van der Waals surface area contributed by atoms with Crippen LogP contribution in [0, 0.1) is 22.7 Å². The van der Waals surface area contributed by atoms with E-state index in [9.17, 15) is 22.8 Å². The minimum Gasteiger partial charge on any atom is -0.383 e. The zero-order chi connectivity index (χ0) is 24.2. The summed E-state index contributed by atoms with van der Waals surface area (Å²) in [4.78, 5) is 28.5. The number of nitriles is 1. The molecule has 11 heteroatoms. The maximum Gasteiger partial charge on any atom is 0.417 e. The van der Waals surface area contributed by atoms with Gasteiger partial charge in [0.2, 0.25) is 5.91 Å². The van der Waals surface area contributed by atoms with E-state index in [0.717, 1.165) is 6.07 Å². The van der Waals surface area contributed by atoms with Crippen LogP contribution in [0.15, 0.2) is 18.2 Å². The standard InChI is InChI=1S/C22H28F3N5O3/c1-27-20(32)29-8-5-21(6-9-29)14-30(13-18(21)19(31)28-7-10-33-2)16-4-3-15(12-26)17(11-16)22(23,24)25/h3-4,11,18H,5-10,13-14H2,1-2H3,(H,27,32)(H,28,31). The summed E-state index contributed by atoms with van der Waals surface area (Å²) in [6.45, 7) is 2.24. The number of urea groups is 1. The molecule has 1 spiro atoms. The number of ether oxygens (including phenoxy) is 1. The molecule has 8 nitrogen and oxygen atoms in total. The average Bonchev–Trinajstić information content (AvgIpc) is 3.17. The summed E-state index contributed by atoms with van der Waals surface area (Å²) in [5.41, 5.74) is -1.58. The number of halogens is 3. The quantitative estimate of drug-likeness (QED) is 0.647. The van der Waals surface area contributed by atoms with Crippen molar-refractivity contribution >= 4 is 17.6 Å². The molecule has 3 rings (SSSR count). The van der Waals surface area contributed by atoms with Crippen LogP contribution in [-0.4, -0.2) is 70.3 Å². The Hall–Kier alpha value is -3.00. The number of alkyl halides is 3. The molecule has 1 atom stereocenters. The largest absolute Gasteiger partial charge is 0.417 e. The maximum absolute atomic E-state index is 13.5. The topological polar surface area (TPSA) is 97.7 Å². The first kappa shape index (κ1) is 24.6. The number of methoxy groups -OCH3 is 1. The van der Waals surface area contributed by atoms with Crippen molar-refractivity contribution < 1.29 is 27.5 Å². The SMILES string of the molecule is CNC(=O)N1CCC2(CC1)CN(c1ccc(C#N)c(C(F)(F)F)c1)CC2C(=O)NCCOC. The second kappa shape index (κ2) is 9.87. The highest BCUT2D eigenvalue weighted by Crippen LogP contribution is 2.47. The molecule has 1 unspecified atom stereocenters. The smallest absolute Gasteiger partial charge is 0.383 e. The number of rotatable bonds is 5. The summed E-state index contributed by atoms with van der Waals surface area (Å²) in [5.74, 6) is -0.626. The molecule has 2 aliphatic rings. The number of carbonyl (C=O) groups is 2. The molecular weight excluding hydrogens is 439 g/mol. The Balaban J connectivity index is 1.88.